The number of halogens is 1. The highest BCUT2D eigenvalue weighted by molar-refractivity contribution is 9.10. The van der Waals surface area contributed by atoms with Crippen molar-refractivity contribution in [2.24, 2.45) is 0 Å². The minimum Gasteiger partial charge on any atom is -0.489 e. The Morgan fingerprint density at radius 1 is 1.39 bits per heavy atom. The molecule has 0 amide bonds. The van der Waals surface area contributed by atoms with Gasteiger partial charge >= 0.3 is 0 Å². The molecule has 0 saturated carbocycles. The van der Waals surface area contributed by atoms with Gasteiger partial charge in [0.2, 0.25) is 0 Å². The van der Waals surface area contributed by atoms with Crippen LogP contribution in [0.3, 0.4) is 0 Å². The molecule has 100 valence electrons. The van der Waals surface area contributed by atoms with Crippen molar-refractivity contribution in [1.29, 1.82) is 0 Å². The Hall–Kier alpha value is -0.800. The van der Waals surface area contributed by atoms with E-state index in [0.717, 1.165) is 22.3 Å². The SMILES string of the molecule is C=CCOc1c(C)cc(Br)cc1CNC(C)(C)C. The van der Waals surface area contributed by atoms with Crippen molar-refractivity contribution in [3.8, 4) is 5.75 Å². The van der Waals surface area contributed by atoms with E-state index in [-0.39, 0.29) is 5.54 Å². The van der Waals surface area contributed by atoms with Crippen LogP contribution in [0.4, 0.5) is 0 Å². The van der Waals surface area contributed by atoms with Gasteiger partial charge in [-0.3, -0.25) is 0 Å². The number of hydrogen-bond donors (Lipinski definition) is 1. The largest absolute Gasteiger partial charge is 0.489 e. The molecule has 1 rings (SSSR count). The predicted octanol–water partition coefficient (Wildman–Crippen LogP) is 4.21. The van der Waals surface area contributed by atoms with Crippen LogP contribution >= 0.6 is 15.9 Å². The first-order chi connectivity index (χ1) is 8.33. The number of hydrogen-bond acceptors (Lipinski definition) is 2. The van der Waals surface area contributed by atoms with Crippen LogP contribution in [0.5, 0.6) is 5.75 Å². The molecular formula is C15H22BrNO. The Balaban J connectivity index is 2.95. The molecule has 1 aromatic carbocycles. The molecule has 0 radical (unpaired) electrons. The van der Waals surface area contributed by atoms with Crippen molar-refractivity contribution >= 4 is 15.9 Å². The second kappa shape index (κ2) is 6.39. The maximum absolute atomic E-state index is 5.76. The van der Waals surface area contributed by atoms with Crippen molar-refractivity contribution < 1.29 is 4.74 Å². The zero-order valence-electron chi connectivity index (χ0n) is 11.6. The zero-order chi connectivity index (χ0) is 13.8. The van der Waals surface area contributed by atoms with Crippen molar-refractivity contribution in [3.05, 3.63) is 40.4 Å². The van der Waals surface area contributed by atoms with Crippen LogP contribution < -0.4 is 10.1 Å². The van der Waals surface area contributed by atoms with E-state index < -0.39 is 0 Å². The Morgan fingerprint density at radius 3 is 2.61 bits per heavy atom. The molecule has 0 fully saturated rings. The summed E-state index contributed by atoms with van der Waals surface area (Å²) in [6.45, 7) is 13.5. The highest BCUT2D eigenvalue weighted by Gasteiger charge is 2.13. The van der Waals surface area contributed by atoms with Crippen LogP contribution in [-0.4, -0.2) is 12.1 Å². The normalized spacial score (nSPS) is 11.4. The molecule has 1 N–H and O–H groups in total. The Morgan fingerprint density at radius 2 is 2.06 bits per heavy atom. The summed E-state index contributed by atoms with van der Waals surface area (Å²) < 4.78 is 6.84. The molecule has 0 heterocycles. The summed E-state index contributed by atoms with van der Waals surface area (Å²) in [5.74, 6) is 0.954. The van der Waals surface area contributed by atoms with Crippen molar-refractivity contribution in [2.75, 3.05) is 6.61 Å². The fraction of sp³-hybridized carbons (Fsp3) is 0.467. The molecule has 0 spiro atoms. The van der Waals surface area contributed by atoms with E-state index in [4.69, 9.17) is 4.74 Å². The molecule has 2 nitrogen and oxygen atoms in total. The summed E-state index contributed by atoms with van der Waals surface area (Å²) in [4.78, 5) is 0. The first kappa shape index (κ1) is 15.3. The third-order valence-corrected chi connectivity index (χ3v) is 2.93. The van der Waals surface area contributed by atoms with Crippen LogP contribution in [0.25, 0.3) is 0 Å². The molecule has 0 aromatic heterocycles. The van der Waals surface area contributed by atoms with Gasteiger partial charge in [-0.15, -0.1) is 0 Å². The molecule has 3 heteroatoms. The van der Waals surface area contributed by atoms with Crippen molar-refractivity contribution in [3.63, 3.8) is 0 Å². The minimum atomic E-state index is 0.0892. The van der Waals surface area contributed by atoms with Gasteiger partial charge in [0.25, 0.3) is 0 Å². The summed E-state index contributed by atoms with van der Waals surface area (Å²) in [5.41, 5.74) is 2.39. The number of nitrogens with one attached hydrogen (secondary N) is 1. The Kier molecular flexibility index (Phi) is 5.42. The molecule has 1 aromatic rings. The lowest BCUT2D eigenvalue weighted by atomic mass is 10.1. The standard InChI is InChI=1S/C15H22BrNO/c1-6-7-18-14-11(2)8-13(16)9-12(14)10-17-15(3,4)5/h6,8-9,17H,1,7,10H2,2-5H3. The second-order valence-electron chi connectivity index (χ2n) is 5.41. The smallest absolute Gasteiger partial charge is 0.127 e. The van der Waals surface area contributed by atoms with Gasteiger partial charge in [0.05, 0.1) is 0 Å². The van der Waals surface area contributed by atoms with Gasteiger partial charge < -0.3 is 10.1 Å². The molecule has 0 aliphatic heterocycles. The van der Waals surface area contributed by atoms with Gasteiger partial charge in [0.1, 0.15) is 12.4 Å². The Labute approximate surface area is 119 Å². The first-order valence-corrected chi connectivity index (χ1v) is 6.90. The number of benzene rings is 1. The van der Waals surface area contributed by atoms with Crippen LogP contribution in [0, 0.1) is 6.92 Å². The first-order valence-electron chi connectivity index (χ1n) is 6.11. The Bertz CT molecular complexity index is 421. The number of ether oxygens (including phenoxy) is 1. The fourth-order valence-corrected chi connectivity index (χ4v) is 2.26. The van der Waals surface area contributed by atoms with Gasteiger partial charge in [-0.05, 0) is 45.4 Å². The average Bonchev–Trinajstić information content (AvgIpc) is 2.23. The van der Waals surface area contributed by atoms with Crippen LogP contribution in [0.1, 0.15) is 31.9 Å². The molecule has 0 aliphatic carbocycles. The molecule has 0 aliphatic rings. The topological polar surface area (TPSA) is 21.3 Å². The van der Waals surface area contributed by atoms with E-state index in [2.05, 4.69) is 67.7 Å². The molecule has 0 atom stereocenters. The second-order valence-corrected chi connectivity index (χ2v) is 6.33. The van der Waals surface area contributed by atoms with E-state index >= 15 is 0 Å². The van der Waals surface area contributed by atoms with Crippen molar-refractivity contribution in [2.45, 2.75) is 39.8 Å². The molecular weight excluding hydrogens is 290 g/mol. The summed E-state index contributed by atoms with van der Waals surface area (Å²) in [5, 5.41) is 3.48. The van der Waals surface area contributed by atoms with Gasteiger partial charge in [-0.1, -0.05) is 28.6 Å². The maximum Gasteiger partial charge on any atom is 0.127 e. The quantitative estimate of drug-likeness (QED) is 0.822. The van der Waals surface area contributed by atoms with Crippen LogP contribution in [-0.2, 0) is 6.54 Å². The van der Waals surface area contributed by atoms with E-state index in [1.165, 1.54) is 5.56 Å². The van der Waals surface area contributed by atoms with Gasteiger partial charge in [-0.25, -0.2) is 0 Å². The lowest BCUT2D eigenvalue weighted by molar-refractivity contribution is 0.350. The van der Waals surface area contributed by atoms with E-state index in [1.807, 2.05) is 0 Å². The summed E-state index contributed by atoms with van der Waals surface area (Å²) in [6, 6.07) is 4.17. The van der Waals surface area contributed by atoms with E-state index in [1.54, 1.807) is 6.08 Å². The lowest BCUT2D eigenvalue weighted by Gasteiger charge is -2.22. The third kappa shape index (κ3) is 4.83. The predicted molar refractivity (Wildman–Crippen MR) is 81.2 cm³/mol. The highest BCUT2D eigenvalue weighted by Crippen LogP contribution is 2.28. The summed E-state index contributed by atoms with van der Waals surface area (Å²) >= 11 is 3.53. The van der Waals surface area contributed by atoms with E-state index in [0.29, 0.717) is 6.61 Å². The lowest BCUT2D eigenvalue weighted by Crippen LogP contribution is -2.35. The van der Waals surface area contributed by atoms with E-state index in [9.17, 15) is 0 Å². The van der Waals surface area contributed by atoms with Gasteiger partial charge in [-0.2, -0.15) is 0 Å². The number of aryl methyl sites for hydroxylation is 1. The third-order valence-electron chi connectivity index (χ3n) is 2.47. The van der Waals surface area contributed by atoms with Gasteiger partial charge in [0.15, 0.2) is 0 Å². The van der Waals surface area contributed by atoms with Crippen LogP contribution in [0.15, 0.2) is 29.3 Å². The zero-order valence-corrected chi connectivity index (χ0v) is 13.2. The molecule has 18 heavy (non-hydrogen) atoms. The average molecular weight is 312 g/mol. The maximum atomic E-state index is 5.76. The minimum absolute atomic E-state index is 0.0892. The number of rotatable bonds is 5. The monoisotopic (exact) mass is 311 g/mol. The van der Waals surface area contributed by atoms with Crippen LogP contribution in [0.2, 0.25) is 0 Å². The van der Waals surface area contributed by atoms with Crippen molar-refractivity contribution in [1.82, 2.24) is 5.32 Å². The fourth-order valence-electron chi connectivity index (χ4n) is 1.64. The highest BCUT2D eigenvalue weighted by atomic mass is 79.9. The summed E-state index contributed by atoms with van der Waals surface area (Å²) in [7, 11) is 0. The molecule has 0 unspecified atom stereocenters. The molecule has 0 bridgehead atoms. The van der Waals surface area contributed by atoms with Gasteiger partial charge in [0, 0.05) is 22.1 Å². The summed E-state index contributed by atoms with van der Waals surface area (Å²) in [6.07, 6.45) is 1.77. The molecule has 0 saturated heterocycles.